The van der Waals surface area contributed by atoms with E-state index < -0.39 is 35.6 Å². The van der Waals surface area contributed by atoms with E-state index in [1.807, 2.05) is 6.92 Å². The molecule has 0 aliphatic carbocycles. The lowest BCUT2D eigenvalue weighted by molar-refractivity contribution is -0.126. The van der Waals surface area contributed by atoms with Gasteiger partial charge in [0.2, 0.25) is 16.9 Å². The molecule has 3 aromatic rings. The van der Waals surface area contributed by atoms with E-state index in [0.717, 1.165) is 29.5 Å². The first-order valence-electron chi connectivity index (χ1n) is 10.6. The second kappa shape index (κ2) is 12.2. The van der Waals surface area contributed by atoms with Crippen molar-refractivity contribution in [1.82, 2.24) is 15.5 Å². The number of nitrogens with one attached hydrogen (secondary N) is 2. The lowest BCUT2D eigenvalue weighted by atomic mass is 10.1. The second-order valence-corrected chi connectivity index (χ2v) is 9.49. The number of carbonyl (C=O) groups excluding carboxylic acids is 2. The summed E-state index contributed by atoms with van der Waals surface area (Å²) in [6.07, 6.45) is 0.193. The maximum atomic E-state index is 13.4. The average molecular weight is 543 g/mol. The maximum Gasteiger partial charge on any atom is 0.248 e. The van der Waals surface area contributed by atoms with Gasteiger partial charge in [0, 0.05) is 11.1 Å². The molecule has 1 aromatic heterocycles. The molecule has 12 heteroatoms. The van der Waals surface area contributed by atoms with E-state index in [1.54, 1.807) is 25.1 Å². The largest absolute Gasteiger partial charge is 0.482 e. The molecular weight excluding hydrogens is 521 g/mol. The van der Waals surface area contributed by atoms with Gasteiger partial charge in [-0.25, -0.2) is 8.78 Å². The third-order valence-electron chi connectivity index (χ3n) is 4.73. The number of amides is 2. The van der Waals surface area contributed by atoms with Crippen LogP contribution in [-0.4, -0.2) is 28.1 Å². The van der Waals surface area contributed by atoms with Gasteiger partial charge in [-0.2, -0.15) is 0 Å². The predicted molar refractivity (Wildman–Crippen MR) is 131 cm³/mol. The molecule has 0 saturated heterocycles. The van der Waals surface area contributed by atoms with E-state index in [-0.39, 0.29) is 17.1 Å². The van der Waals surface area contributed by atoms with Crippen molar-refractivity contribution in [1.29, 1.82) is 0 Å². The molecule has 186 valence electrons. The summed E-state index contributed by atoms with van der Waals surface area (Å²) < 4.78 is 32.6. The second-order valence-electron chi connectivity index (χ2n) is 7.63. The van der Waals surface area contributed by atoms with E-state index in [4.69, 9.17) is 27.9 Å². The lowest BCUT2D eigenvalue weighted by Gasteiger charge is -2.17. The third-order valence-corrected chi connectivity index (χ3v) is 6.26. The number of hydrogen-bond acceptors (Lipinski definition) is 6. The highest BCUT2D eigenvalue weighted by molar-refractivity contribution is 7.15. The average Bonchev–Trinajstić information content (AvgIpc) is 3.23. The molecule has 0 fully saturated rings. The molecular formula is C23H22Cl2F2N4O3S. The summed E-state index contributed by atoms with van der Waals surface area (Å²) >= 11 is 13.1. The maximum absolute atomic E-state index is 13.4. The molecule has 0 bridgehead atoms. The summed E-state index contributed by atoms with van der Waals surface area (Å²) in [6, 6.07) is 6.85. The van der Waals surface area contributed by atoms with E-state index in [2.05, 4.69) is 20.8 Å². The van der Waals surface area contributed by atoms with Gasteiger partial charge in [-0.3, -0.25) is 14.9 Å². The van der Waals surface area contributed by atoms with Crippen LogP contribution in [0.3, 0.4) is 0 Å². The van der Waals surface area contributed by atoms with Crippen LogP contribution in [0.2, 0.25) is 10.0 Å². The number of benzene rings is 2. The molecule has 0 aliphatic heterocycles. The molecule has 7 nitrogen and oxygen atoms in total. The number of carbonyl (C=O) groups is 2. The van der Waals surface area contributed by atoms with Crippen LogP contribution in [0.5, 0.6) is 5.75 Å². The van der Waals surface area contributed by atoms with Gasteiger partial charge in [0.05, 0.1) is 11.4 Å². The van der Waals surface area contributed by atoms with Crippen LogP contribution in [0.15, 0.2) is 36.4 Å². The van der Waals surface area contributed by atoms with Crippen LogP contribution in [-0.2, 0) is 16.0 Å². The van der Waals surface area contributed by atoms with Gasteiger partial charge >= 0.3 is 0 Å². The van der Waals surface area contributed by atoms with Crippen molar-refractivity contribution in [2.45, 2.75) is 45.3 Å². The number of nitrogens with zero attached hydrogens (tertiary/aromatic N) is 2. The number of hydrogen-bond donors (Lipinski definition) is 2. The standard InChI is InChI=1S/C23H22Cl2F2N4O3S/c1-3-4-18(28-20(32)9-13-7-15(26)11-16(27)8-13)21(33)29-23-31-30-22(35-23)12(2)34-19-6-5-14(24)10-17(19)25/h5-8,10-12,18H,3-4,9H2,1-2H3,(H,28,32)(H,29,31,33). The van der Waals surface area contributed by atoms with Gasteiger partial charge in [0.1, 0.15) is 29.5 Å². The number of halogens is 4. The minimum absolute atomic E-state index is 0.166. The summed E-state index contributed by atoms with van der Waals surface area (Å²) in [5.41, 5.74) is 0.166. The van der Waals surface area contributed by atoms with Crippen LogP contribution < -0.4 is 15.4 Å². The van der Waals surface area contributed by atoms with Crippen LogP contribution in [0.1, 0.15) is 43.4 Å². The highest BCUT2D eigenvalue weighted by Gasteiger charge is 2.23. The molecule has 0 spiro atoms. The van der Waals surface area contributed by atoms with Crippen LogP contribution in [0.4, 0.5) is 13.9 Å². The molecule has 2 aromatic carbocycles. The summed E-state index contributed by atoms with van der Waals surface area (Å²) in [5.74, 6) is -2.15. The zero-order valence-electron chi connectivity index (χ0n) is 18.8. The summed E-state index contributed by atoms with van der Waals surface area (Å²) in [6.45, 7) is 3.62. The first kappa shape index (κ1) is 26.8. The Balaban J connectivity index is 1.60. The number of anilines is 1. The minimum Gasteiger partial charge on any atom is -0.482 e. The van der Waals surface area contributed by atoms with Crippen molar-refractivity contribution in [3.05, 3.63) is 68.6 Å². The van der Waals surface area contributed by atoms with Gasteiger partial charge in [-0.15, -0.1) is 10.2 Å². The van der Waals surface area contributed by atoms with Crippen molar-refractivity contribution in [2.75, 3.05) is 5.32 Å². The molecule has 3 rings (SSSR count). The Morgan fingerprint density at radius 3 is 2.49 bits per heavy atom. The van der Waals surface area contributed by atoms with Crippen molar-refractivity contribution in [3.8, 4) is 5.75 Å². The van der Waals surface area contributed by atoms with Crippen molar-refractivity contribution < 1.29 is 23.1 Å². The molecule has 35 heavy (non-hydrogen) atoms. The molecule has 2 N–H and O–H groups in total. The highest BCUT2D eigenvalue weighted by atomic mass is 35.5. The predicted octanol–water partition coefficient (Wildman–Crippen LogP) is 5.73. The quantitative estimate of drug-likeness (QED) is 0.341. The molecule has 0 saturated carbocycles. The van der Waals surface area contributed by atoms with Crippen molar-refractivity contribution in [2.24, 2.45) is 0 Å². The molecule has 2 amide bonds. The van der Waals surface area contributed by atoms with Gasteiger partial charge in [-0.1, -0.05) is 47.9 Å². The Bertz CT molecular complexity index is 1190. The molecule has 0 radical (unpaired) electrons. The van der Waals surface area contributed by atoms with Crippen LogP contribution in [0.25, 0.3) is 0 Å². The summed E-state index contributed by atoms with van der Waals surface area (Å²) in [7, 11) is 0. The molecule has 1 heterocycles. The summed E-state index contributed by atoms with van der Waals surface area (Å²) in [4.78, 5) is 25.2. The fourth-order valence-electron chi connectivity index (χ4n) is 3.15. The first-order valence-corrected chi connectivity index (χ1v) is 12.2. The van der Waals surface area contributed by atoms with Gasteiger partial charge in [0.15, 0.2) is 5.01 Å². The minimum atomic E-state index is -0.861. The SMILES string of the molecule is CCCC(NC(=O)Cc1cc(F)cc(F)c1)C(=O)Nc1nnc(C(C)Oc2ccc(Cl)cc2Cl)s1. The van der Waals surface area contributed by atoms with Crippen molar-refractivity contribution in [3.63, 3.8) is 0 Å². The van der Waals surface area contributed by atoms with E-state index in [0.29, 0.717) is 33.6 Å². The number of ether oxygens (including phenoxy) is 1. The van der Waals surface area contributed by atoms with E-state index in [1.165, 1.54) is 0 Å². The topological polar surface area (TPSA) is 93.2 Å². The van der Waals surface area contributed by atoms with Crippen LogP contribution in [0, 0.1) is 11.6 Å². The fraction of sp³-hybridized carbons (Fsp3) is 0.304. The monoisotopic (exact) mass is 542 g/mol. The number of rotatable bonds is 10. The fourth-order valence-corrected chi connectivity index (χ4v) is 4.33. The van der Waals surface area contributed by atoms with Gasteiger partial charge < -0.3 is 10.1 Å². The zero-order valence-corrected chi connectivity index (χ0v) is 21.1. The Labute approximate surface area is 214 Å². The molecule has 2 unspecified atom stereocenters. The molecule has 0 aliphatic rings. The Hall–Kier alpha value is -2.82. The van der Waals surface area contributed by atoms with Gasteiger partial charge in [-0.05, 0) is 49.2 Å². The summed E-state index contributed by atoms with van der Waals surface area (Å²) in [5, 5.41) is 14.8. The smallest absolute Gasteiger partial charge is 0.248 e. The van der Waals surface area contributed by atoms with E-state index in [9.17, 15) is 18.4 Å². The van der Waals surface area contributed by atoms with Crippen molar-refractivity contribution >= 4 is 51.5 Å². The lowest BCUT2D eigenvalue weighted by Crippen LogP contribution is -2.44. The molecule has 2 atom stereocenters. The van der Waals surface area contributed by atoms with Gasteiger partial charge in [0.25, 0.3) is 0 Å². The first-order chi connectivity index (χ1) is 16.6. The van der Waals surface area contributed by atoms with Crippen LogP contribution >= 0.6 is 34.5 Å². The Morgan fingerprint density at radius 2 is 1.83 bits per heavy atom. The Kier molecular flexibility index (Phi) is 9.36. The van der Waals surface area contributed by atoms with E-state index >= 15 is 0 Å². The number of aromatic nitrogens is 2. The zero-order chi connectivity index (χ0) is 25.5. The highest BCUT2D eigenvalue weighted by Crippen LogP contribution is 2.32. The third kappa shape index (κ3) is 7.84. The Morgan fingerprint density at radius 1 is 1.11 bits per heavy atom. The normalized spacial score (nSPS) is 12.6.